The number of hydrogen-bond acceptors (Lipinski definition) is 5. The van der Waals surface area contributed by atoms with Crippen molar-refractivity contribution in [3.05, 3.63) is 40.9 Å². The van der Waals surface area contributed by atoms with Gasteiger partial charge in [-0.3, -0.25) is 0 Å². The van der Waals surface area contributed by atoms with Crippen LogP contribution in [-0.4, -0.2) is 17.2 Å². The van der Waals surface area contributed by atoms with Crippen molar-refractivity contribution in [1.29, 1.82) is 0 Å². The van der Waals surface area contributed by atoms with Crippen molar-refractivity contribution in [3.8, 4) is 5.75 Å². The van der Waals surface area contributed by atoms with Crippen molar-refractivity contribution in [3.63, 3.8) is 0 Å². The molecule has 0 spiro atoms. The maximum Gasteiger partial charge on any atom is 0.180 e. The molecule has 1 aromatic heterocycles. The number of rotatable bonds is 3. The molecule has 2 aromatic rings. The van der Waals surface area contributed by atoms with Crippen LogP contribution in [0.25, 0.3) is 0 Å². The third-order valence-electron chi connectivity index (χ3n) is 2.63. The fourth-order valence-corrected chi connectivity index (χ4v) is 2.44. The van der Waals surface area contributed by atoms with Crippen LogP contribution < -0.4 is 10.5 Å². The number of nitrogen functional groups attached to an aromatic ring is 1. The number of para-hydroxylation sites is 1. The Morgan fingerprint density at radius 2 is 2.12 bits per heavy atom. The van der Waals surface area contributed by atoms with E-state index in [1.165, 1.54) is 11.3 Å². The number of nitrogens with zero attached hydrogens (tertiary/aromatic N) is 1. The van der Waals surface area contributed by atoms with Crippen molar-refractivity contribution in [2.24, 2.45) is 0 Å². The van der Waals surface area contributed by atoms with Crippen LogP contribution in [0.1, 0.15) is 17.4 Å². The molecular weight excluding hydrogens is 236 g/mol. The molecule has 0 radical (unpaired) electrons. The topological polar surface area (TPSA) is 68.4 Å². The molecule has 1 atom stereocenters. The van der Waals surface area contributed by atoms with Gasteiger partial charge in [0.2, 0.25) is 0 Å². The van der Waals surface area contributed by atoms with E-state index in [0.717, 1.165) is 0 Å². The summed E-state index contributed by atoms with van der Waals surface area (Å²) in [5, 5.41) is 11.1. The molecule has 17 heavy (non-hydrogen) atoms. The minimum absolute atomic E-state index is 0.440. The minimum atomic E-state index is -1.15. The third-order valence-corrected chi connectivity index (χ3v) is 3.67. The Hall–Kier alpha value is -1.59. The van der Waals surface area contributed by atoms with Crippen LogP contribution in [-0.2, 0) is 5.60 Å². The van der Waals surface area contributed by atoms with Crippen LogP contribution >= 0.6 is 11.3 Å². The lowest BCUT2D eigenvalue weighted by Crippen LogP contribution is -2.22. The van der Waals surface area contributed by atoms with Crippen LogP contribution in [0.5, 0.6) is 5.75 Å². The van der Waals surface area contributed by atoms with Gasteiger partial charge in [-0.05, 0) is 13.0 Å². The third kappa shape index (κ3) is 2.11. The number of thiazole rings is 1. The largest absolute Gasteiger partial charge is 0.496 e. The number of ether oxygens (including phenoxy) is 1. The van der Waals surface area contributed by atoms with E-state index >= 15 is 0 Å². The normalized spacial score (nSPS) is 14.3. The zero-order valence-electron chi connectivity index (χ0n) is 9.68. The van der Waals surface area contributed by atoms with Crippen LogP contribution in [0.3, 0.4) is 0 Å². The van der Waals surface area contributed by atoms with Crippen LogP contribution in [0, 0.1) is 0 Å². The fourth-order valence-electron chi connectivity index (χ4n) is 1.69. The molecule has 1 heterocycles. The molecule has 2 rings (SSSR count). The second-order valence-electron chi connectivity index (χ2n) is 3.84. The van der Waals surface area contributed by atoms with Crippen LogP contribution in [0.15, 0.2) is 30.5 Å². The highest BCUT2D eigenvalue weighted by molar-refractivity contribution is 7.15. The lowest BCUT2D eigenvalue weighted by Gasteiger charge is -2.23. The van der Waals surface area contributed by atoms with E-state index in [0.29, 0.717) is 21.3 Å². The summed E-state index contributed by atoms with van der Waals surface area (Å²) >= 11 is 1.27. The molecule has 4 nitrogen and oxygen atoms in total. The maximum atomic E-state index is 10.6. The Morgan fingerprint density at radius 3 is 2.71 bits per heavy atom. The Labute approximate surface area is 104 Å². The molecule has 0 saturated carbocycles. The van der Waals surface area contributed by atoms with Gasteiger partial charge >= 0.3 is 0 Å². The average Bonchev–Trinajstić information content (AvgIpc) is 2.76. The number of hydrogen-bond donors (Lipinski definition) is 2. The second kappa shape index (κ2) is 4.35. The van der Waals surface area contributed by atoms with Gasteiger partial charge in [-0.25, -0.2) is 4.98 Å². The molecule has 5 heteroatoms. The van der Waals surface area contributed by atoms with E-state index in [1.807, 2.05) is 24.3 Å². The van der Waals surface area contributed by atoms with Crippen molar-refractivity contribution < 1.29 is 9.84 Å². The first kappa shape index (κ1) is 11.9. The second-order valence-corrected chi connectivity index (χ2v) is 4.90. The van der Waals surface area contributed by atoms with Crippen molar-refractivity contribution in [2.45, 2.75) is 12.5 Å². The first-order valence-corrected chi connectivity index (χ1v) is 5.95. The summed E-state index contributed by atoms with van der Waals surface area (Å²) in [5.41, 5.74) is 5.14. The first-order valence-electron chi connectivity index (χ1n) is 5.13. The molecule has 1 unspecified atom stereocenters. The van der Waals surface area contributed by atoms with E-state index in [1.54, 1.807) is 20.2 Å². The minimum Gasteiger partial charge on any atom is -0.496 e. The molecule has 3 N–H and O–H groups in total. The number of methoxy groups -OCH3 is 1. The van der Waals surface area contributed by atoms with Gasteiger partial charge in [-0.1, -0.05) is 29.5 Å². The Bertz CT molecular complexity index is 523. The molecule has 0 saturated heterocycles. The predicted octanol–water partition coefficient (Wildman–Crippen LogP) is 1.99. The van der Waals surface area contributed by atoms with Crippen LogP contribution in [0.4, 0.5) is 5.13 Å². The molecule has 0 fully saturated rings. The highest BCUT2D eigenvalue weighted by Crippen LogP contribution is 2.37. The SMILES string of the molecule is COc1ccccc1C(C)(O)c1cnc(N)s1. The van der Waals surface area contributed by atoms with Gasteiger partial charge < -0.3 is 15.6 Å². The summed E-state index contributed by atoms with van der Waals surface area (Å²) in [6, 6.07) is 7.36. The lowest BCUT2D eigenvalue weighted by atomic mass is 9.94. The molecule has 0 bridgehead atoms. The van der Waals surface area contributed by atoms with E-state index in [9.17, 15) is 5.11 Å². The maximum absolute atomic E-state index is 10.6. The van der Waals surface area contributed by atoms with Crippen LogP contribution in [0.2, 0.25) is 0 Å². The standard InChI is InChI=1S/C12H14N2O2S/c1-12(15,10-7-14-11(13)17-10)8-5-3-4-6-9(8)16-2/h3-7,15H,1-2H3,(H2,13,14). The molecule has 0 aliphatic rings. The van der Waals surface area contributed by atoms with Crippen molar-refractivity contribution >= 4 is 16.5 Å². The van der Waals surface area contributed by atoms with Gasteiger partial charge in [0.25, 0.3) is 0 Å². The quantitative estimate of drug-likeness (QED) is 0.874. The van der Waals surface area contributed by atoms with Gasteiger partial charge in [-0.2, -0.15) is 0 Å². The predicted molar refractivity (Wildman–Crippen MR) is 68.2 cm³/mol. The van der Waals surface area contributed by atoms with Gasteiger partial charge in [0, 0.05) is 11.8 Å². The number of nitrogens with two attached hydrogens (primary N) is 1. The van der Waals surface area contributed by atoms with E-state index in [2.05, 4.69) is 4.98 Å². The summed E-state index contributed by atoms with van der Waals surface area (Å²) in [6.45, 7) is 1.71. The summed E-state index contributed by atoms with van der Waals surface area (Å²) in [4.78, 5) is 4.65. The number of aromatic nitrogens is 1. The molecule has 0 aliphatic carbocycles. The fraction of sp³-hybridized carbons (Fsp3) is 0.250. The highest BCUT2D eigenvalue weighted by Gasteiger charge is 2.30. The summed E-state index contributed by atoms with van der Waals surface area (Å²) in [6.07, 6.45) is 1.59. The van der Waals surface area contributed by atoms with Crippen molar-refractivity contribution in [1.82, 2.24) is 4.98 Å². The molecule has 90 valence electrons. The molecule has 0 amide bonds. The van der Waals surface area contributed by atoms with Crippen molar-refractivity contribution in [2.75, 3.05) is 12.8 Å². The molecule has 1 aromatic carbocycles. The van der Waals surface area contributed by atoms with Gasteiger partial charge in [0.15, 0.2) is 5.13 Å². The number of aliphatic hydroxyl groups is 1. The summed E-state index contributed by atoms with van der Waals surface area (Å²) in [5.74, 6) is 0.643. The Morgan fingerprint density at radius 1 is 1.41 bits per heavy atom. The van der Waals surface area contributed by atoms with E-state index in [-0.39, 0.29) is 0 Å². The smallest absolute Gasteiger partial charge is 0.180 e. The first-order chi connectivity index (χ1) is 8.05. The lowest BCUT2D eigenvalue weighted by molar-refractivity contribution is 0.103. The zero-order valence-corrected chi connectivity index (χ0v) is 10.5. The van der Waals surface area contributed by atoms with Gasteiger partial charge in [-0.15, -0.1) is 0 Å². The number of anilines is 1. The molecule has 0 aliphatic heterocycles. The van der Waals surface area contributed by atoms with E-state index in [4.69, 9.17) is 10.5 Å². The summed E-state index contributed by atoms with van der Waals surface area (Å²) in [7, 11) is 1.58. The summed E-state index contributed by atoms with van der Waals surface area (Å²) < 4.78 is 5.25. The molecular formula is C12H14N2O2S. The Kier molecular flexibility index (Phi) is 3.04. The van der Waals surface area contributed by atoms with Gasteiger partial charge in [0.05, 0.1) is 12.0 Å². The zero-order chi connectivity index (χ0) is 12.5. The number of benzene rings is 1. The van der Waals surface area contributed by atoms with Gasteiger partial charge in [0.1, 0.15) is 11.4 Å². The average molecular weight is 250 g/mol. The Balaban J connectivity index is 2.50. The van der Waals surface area contributed by atoms with E-state index < -0.39 is 5.60 Å². The highest BCUT2D eigenvalue weighted by atomic mass is 32.1. The monoisotopic (exact) mass is 250 g/mol.